The Hall–Kier alpha value is -2.58. The minimum atomic E-state index is -1.15. The Morgan fingerprint density at radius 2 is 1.92 bits per heavy atom. The Bertz CT molecular complexity index is 851. The van der Waals surface area contributed by atoms with Crippen LogP contribution in [0, 0.1) is 10.1 Å². The van der Waals surface area contributed by atoms with Crippen LogP contribution < -0.4 is 5.32 Å². The Kier molecular flexibility index (Phi) is 6.23. The maximum atomic E-state index is 12.2. The molecule has 2 atom stereocenters. The molecule has 0 aliphatic heterocycles. The average molecular weight is 401 g/mol. The first-order chi connectivity index (χ1) is 12.2. The van der Waals surface area contributed by atoms with Gasteiger partial charge in [-0.05, 0) is 37.6 Å². The average Bonchev–Trinajstić information content (AvgIpc) is 3.04. The number of halogens is 2. The van der Waals surface area contributed by atoms with Gasteiger partial charge in [-0.15, -0.1) is 0 Å². The number of esters is 1. The lowest BCUT2D eigenvalue weighted by atomic mass is 10.1. The number of hydrogen-bond acceptors (Lipinski definition) is 6. The second-order valence-corrected chi connectivity index (χ2v) is 6.18. The highest BCUT2D eigenvalue weighted by Crippen LogP contribution is 2.26. The van der Waals surface area contributed by atoms with E-state index in [0.29, 0.717) is 15.6 Å². The van der Waals surface area contributed by atoms with Crippen molar-refractivity contribution in [3.63, 3.8) is 0 Å². The van der Waals surface area contributed by atoms with Crippen LogP contribution in [0.15, 0.2) is 34.7 Å². The normalized spacial score (nSPS) is 12.9. The molecule has 10 heteroatoms. The molecule has 0 aliphatic carbocycles. The highest BCUT2D eigenvalue weighted by molar-refractivity contribution is 6.35. The number of carbonyl (C=O) groups excluding carboxylic acids is 2. The Labute approximate surface area is 158 Å². The lowest BCUT2D eigenvalue weighted by Crippen LogP contribution is -2.37. The van der Waals surface area contributed by atoms with Crippen molar-refractivity contribution in [2.45, 2.75) is 26.0 Å². The number of hydrogen-bond donors (Lipinski definition) is 1. The fraction of sp³-hybridized carbons (Fsp3) is 0.250. The second kappa shape index (κ2) is 8.20. The van der Waals surface area contributed by atoms with Gasteiger partial charge < -0.3 is 14.5 Å². The zero-order valence-electron chi connectivity index (χ0n) is 13.7. The van der Waals surface area contributed by atoms with Gasteiger partial charge in [0.15, 0.2) is 6.10 Å². The molecule has 1 amide bonds. The van der Waals surface area contributed by atoms with Crippen LogP contribution in [0.5, 0.6) is 0 Å². The smallest absolute Gasteiger partial charge is 0.433 e. The molecule has 0 unspecified atom stereocenters. The summed E-state index contributed by atoms with van der Waals surface area (Å²) in [6, 6.07) is 6.52. The molecule has 2 rings (SSSR count). The molecule has 0 saturated carbocycles. The molecule has 0 aliphatic rings. The van der Waals surface area contributed by atoms with Crippen LogP contribution in [0.2, 0.25) is 10.0 Å². The standard InChI is InChI=1S/C16H14Cl2N2O6/c1-8(11-4-3-10(17)7-12(11)18)19-15(21)9(2)25-16(22)13-5-6-14(26-13)20(23)24/h3-9H,1-2H3,(H,19,21)/t8-,9-/m1/s1. The highest BCUT2D eigenvalue weighted by atomic mass is 35.5. The minimum Gasteiger partial charge on any atom is -0.447 e. The largest absolute Gasteiger partial charge is 0.447 e. The predicted octanol–water partition coefficient (Wildman–Crippen LogP) is 3.92. The van der Waals surface area contributed by atoms with Crippen LogP contribution in [0.25, 0.3) is 0 Å². The van der Waals surface area contributed by atoms with E-state index in [9.17, 15) is 19.7 Å². The van der Waals surface area contributed by atoms with E-state index in [0.717, 1.165) is 12.1 Å². The number of benzene rings is 1. The molecule has 0 fully saturated rings. The molecule has 2 aromatic rings. The van der Waals surface area contributed by atoms with Gasteiger partial charge in [-0.2, -0.15) is 0 Å². The molecular weight excluding hydrogens is 387 g/mol. The van der Waals surface area contributed by atoms with E-state index >= 15 is 0 Å². The van der Waals surface area contributed by atoms with E-state index in [2.05, 4.69) is 5.32 Å². The van der Waals surface area contributed by atoms with Gasteiger partial charge in [-0.1, -0.05) is 29.3 Å². The van der Waals surface area contributed by atoms with Crippen LogP contribution in [0.4, 0.5) is 5.88 Å². The number of carbonyl (C=O) groups is 2. The number of nitrogens with zero attached hydrogens (tertiary/aromatic N) is 1. The summed E-state index contributed by atoms with van der Waals surface area (Å²) in [5.74, 6) is -2.53. The van der Waals surface area contributed by atoms with E-state index in [1.807, 2.05) is 0 Å². The van der Waals surface area contributed by atoms with Crippen molar-refractivity contribution in [1.29, 1.82) is 0 Å². The number of rotatable bonds is 6. The molecule has 1 heterocycles. The summed E-state index contributed by atoms with van der Waals surface area (Å²) in [6.45, 7) is 3.07. The van der Waals surface area contributed by atoms with Crippen molar-refractivity contribution in [3.8, 4) is 0 Å². The SMILES string of the molecule is C[C@@H](OC(=O)c1ccc([N+](=O)[O-])o1)C(=O)N[C@H](C)c1ccc(Cl)cc1Cl. The zero-order chi connectivity index (χ0) is 19.4. The predicted molar refractivity (Wildman–Crippen MR) is 93.3 cm³/mol. The van der Waals surface area contributed by atoms with Crippen molar-refractivity contribution >= 4 is 41.0 Å². The van der Waals surface area contributed by atoms with Crippen LogP contribution in [-0.2, 0) is 9.53 Å². The summed E-state index contributed by atoms with van der Waals surface area (Å²) in [5.41, 5.74) is 0.643. The van der Waals surface area contributed by atoms with Gasteiger partial charge in [0.1, 0.15) is 4.92 Å². The van der Waals surface area contributed by atoms with Crippen molar-refractivity contribution in [3.05, 3.63) is 61.8 Å². The fourth-order valence-corrected chi connectivity index (χ4v) is 2.64. The molecule has 138 valence electrons. The van der Waals surface area contributed by atoms with Crippen LogP contribution in [0.3, 0.4) is 0 Å². The number of nitrogens with one attached hydrogen (secondary N) is 1. The zero-order valence-corrected chi connectivity index (χ0v) is 15.2. The summed E-state index contributed by atoms with van der Waals surface area (Å²) >= 11 is 11.9. The van der Waals surface area contributed by atoms with Gasteiger partial charge in [0.2, 0.25) is 5.76 Å². The Morgan fingerprint density at radius 1 is 1.23 bits per heavy atom. The molecule has 26 heavy (non-hydrogen) atoms. The molecule has 1 aromatic heterocycles. The van der Waals surface area contributed by atoms with Crippen molar-refractivity contribution < 1.29 is 23.7 Å². The lowest BCUT2D eigenvalue weighted by molar-refractivity contribution is -0.402. The molecule has 0 saturated heterocycles. The summed E-state index contributed by atoms with van der Waals surface area (Å²) in [7, 11) is 0. The molecule has 1 aromatic carbocycles. The molecular formula is C16H14Cl2N2O6. The van der Waals surface area contributed by atoms with E-state index in [-0.39, 0.29) is 5.76 Å². The summed E-state index contributed by atoms with van der Waals surface area (Å²) in [6.07, 6.45) is -1.15. The summed E-state index contributed by atoms with van der Waals surface area (Å²) in [4.78, 5) is 33.8. The van der Waals surface area contributed by atoms with Gasteiger partial charge in [-0.25, -0.2) is 4.79 Å². The van der Waals surface area contributed by atoms with Gasteiger partial charge in [-0.3, -0.25) is 14.9 Å². The van der Waals surface area contributed by atoms with E-state index in [4.69, 9.17) is 32.4 Å². The second-order valence-electron chi connectivity index (χ2n) is 5.34. The van der Waals surface area contributed by atoms with Gasteiger partial charge >= 0.3 is 11.9 Å². The summed E-state index contributed by atoms with van der Waals surface area (Å²) in [5, 5.41) is 14.1. The minimum absolute atomic E-state index is 0.370. The van der Waals surface area contributed by atoms with Crippen molar-refractivity contribution in [2.75, 3.05) is 0 Å². The Morgan fingerprint density at radius 3 is 2.50 bits per heavy atom. The first kappa shape index (κ1) is 19.7. The van der Waals surface area contributed by atoms with E-state index in [1.54, 1.807) is 25.1 Å². The monoisotopic (exact) mass is 400 g/mol. The third-order valence-corrected chi connectivity index (χ3v) is 3.98. The third kappa shape index (κ3) is 4.74. The highest BCUT2D eigenvalue weighted by Gasteiger charge is 2.24. The number of ether oxygens (including phenoxy) is 1. The molecule has 1 N–H and O–H groups in total. The van der Waals surface area contributed by atoms with Crippen LogP contribution >= 0.6 is 23.2 Å². The van der Waals surface area contributed by atoms with Crippen molar-refractivity contribution in [2.24, 2.45) is 0 Å². The molecule has 0 spiro atoms. The Balaban J connectivity index is 1.97. The van der Waals surface area contributed by atoms with Gasteiger partial charge in [0.25, 0.3) is 5.91 Å². The van der Waals surface area contributed by atoms with Gasteiger partial charge in [0, 0.05) is 10.0 Å². The molecule has 0 bridgehead atoms. The molecule has 0 radical (unpaired) electrons. The molecule has 8 nitrogen and oxygen atoms in total. The van der Waals surface area contributed by atoms with E-state index < -0.39 is 34.8 Å². The fourth-order valence-electron chi connectivity index (χ4n) is 2.07. The topological polar surface area (TPSA) is 112 Å². The maximum absolute atomic E-state index is 12.2. The number of amides is 1. The van der Waals surface area contributed by atoms with E-state index in [1.165, 1.54) is 6.92 Å². The first-order valence-corrected chi connectivity index (χ1v) is 8.15. The lowest BCUT2D eigenvalue weighted by Gasteiger charge is -2.19. The maximum Gasteiger partial charge on any atom is 0.433 e. The summed E-state index contributed by atoms with van der Waals surface area (Å²) < 4.78 is 9.69. The van der Waals surface area contributed by atoms with Crippen molar-refractivity contribution in [1.82, 2.24) is 5.32 Å². The third-order valence-electron chi connectivity index (χ3n) is 3.41. The quantitative estimate of drug-likeness (QED) is 0.446. The van der Waals surface area contributed by atoms with Crippen LogP contribution in [-0.4, -0.2) is 22.9 Å². The first-order valence-electron chi connectivity index (χ1n) is 7.39. The van der Waals surface area contributed by atoms with Crippen LogP contribution in [0.1, 0.15) is 36.0 Å². The van der Waals surface area contributed by atoms with Gasteiger partial charge in [0.05, 0.1) is 12.1 Å². The number of nitro groups is 1. The number of furan rings is 1.